The van der Waals surface area contributed by atoms with E-state index in [9.17, 15) is 0 Å². The highest BCUT2D eigenvalue weighted by atomic mass is 14.8. The van der Waals surface area contributed by atoms with E-state index in [0.717, 1.165) is 24.3 Å². The highest BCUT2D eigenvalue weighted by molar-refractivity contribution is 5.82. The van der Waals surface area contributed by atoms with Gasteiger partial charge in [0, 0.05) is 17.6 Å². The first-order chi connectivity index (χ1) is 8.31. The van der Waals surface area contributed by atoms with Crippen LogP contribution in [0.4, 0.5) is 0 Å². The monoisotopic (exact) mass is 228 g/mol. The van der Waals surface area contributed by atoms with Crippen molar-refractivity contribution in [3.05, 3.63) is 41.6 Å². The summed E-state index contributed by atoms with van der Waals surface area (Å²) in [5.74, 6) is 0. The van der Waals surface area contributed by atoms with E-state index in [1.54, 1.807) is 0 Å². The van der Waals surface area contributed by atoms with Crippen LogP contribution in [0.1, 0.15) is 31.0 Å². The molecular formula is C15H20N2. The van der Waals surface area contributed by atoms with E-state index < -0.39 is 0 Å². The average Bonchev–Trinajstić information content (AvgIpc) is 2.34. The van der Waals surface area contributed by atoms with Crippen LogP contribution in [0, 0.1) is 6.92 Å². The Morgan fingerprint density at radius 1 is 1.24 bits per heavy atom. The van der Waals surface area contributed by atoms with Gasteiger partial charge in [0.1, 0.15) is 0 Å². The van der Waals surface area contributed by atoms with Gasteiger partial charge in [-0.2, -0.15) is 0 Å². The third-order valence-electron chi connectivity index (χ3n) is 2.95. The first-order valence-electron chi connectivity index (χ1n) is 6.37. The van der Waals surface area contributed by atoms with E-state index >= 15 is 0 Å². The number of hydrogen-bond donors (Lipinski definition) is 1. The minimum absolute atomic E-state index is 0.934. The van der Waals surface area contributed by atoms with Gasteiger partial charge in [-0.1, -0.05) is 31.5 Å². The van der Waals surface area contributed by atoms with Crippen molar-refractivity contribution in [3.63, 3.8) is 0 Å². The Kier molecular flexibility index (Phi) is 4.10. The zero-order valence-electron chi connectivity index (χ0n) is 10.7. The molecule has 0 aliphatic heterocycles. The number of fused-ring (bicyclic) bond motifs is 1. The summed E-state index contributed by atoms with van der Waals surface area (Å²) in [7, 11) is 0. The normalized spacial score (nSPS) is 10.9. The number of aromatic nitrogens is 1. The average molecular weight is 228 g/mol. The summed E-state index contributed by atoms with van der Waals surface area (Å²) in [5.41, 5.74) is 3.54. The zero-order valence-corrected chi connectivity index (χ0v) is 10.7. The molecule has 2 aromatic rings. The SMILES string of the molecule is CCCCNCc1cc(C)nc2ccccc12. The molecule has 0 bridgehead atoms. The van der Waals surface area contributed by atoms with Crippen LogP contribution in [0.25, 0.3) is 10.9 Å². The number of nitrogens with zero attached hydrogens (tertiary/aromatic N) is 1. The number of pyridine rings is 1. The van der Waals surface area contributed by atoms with Crippen LogP contribution in [0.2, 0.25) is 0 Å². The molecule has 0 saturated carbocycles. The van der Waals surface area contributed by atoms with Crippen molar-refractivity contribution in [2.75, 3.05) is 6.54 Å². The molecule has 2 rings (SSSR count). The second-order valence-corrected chi connectivity index (χ2v) is 4.47. The van der Waals surface area contributed by atoms with Crippen molar-refractivity contribution in [2.45, 2.75) is 33.2 Å². The lowest BCUT2D eigenvalue weighted by molar-refractivity contribution is 0.643. The molecule has 2 heteroatoms. The quantitative estimate of drug-likeness (QED) is 0.793. The van der Waals surface area contributed by atoms with Crippen molar-refractivity contribution in [1.29, 1.82) is 0 Å². The first-order valence-corrected chi connectivity index (χ1v) is 6.37. The largest absolute Gasteiger partial charge is 0.313 e. The molecule has 0 fully saturated rings. The summed E-state index contributed by atoms with van der Waals surface area (Å²) in [4.78, 5) is 4.55. The van der Waals surface area contributed by atoms with E-state index in [1.807, 2.05) is 6.07 Å². The lowest BCUT2D eigenvalue weighted by Gasteiger charge is -2.09. The molecular weight excluding hydrogens is 208 g/mol. The number of unbranched alkanes of at least 4 members (excludes halogenated alkanes) is 1. The van der Waals surface area contributed by atoms with Crippen molar-refractivity contribution in [1.82, 2.24) is 10.3 Å². The fourth-order valence-electron chi connectivity index (χ4n) is 2.07. The molecule has 17 heavy (non-hydrogen) atoms. The maximum Gasteiger partial charge on any atom is 0.0708 e. The van der Waals surface area contributed by atoms with E-state index in [4.69, 9.17) is 0 Å². The number of nitrogens with one attached hydrogen (secondary N) is 1. The van der Waals surface area contributed by atoms with Crippen LogP contribution in [-0.4, -0.2) is 11.5 Å². The molecule has 1 aromatic carbocycles. The number of aryl methyl sites for hydroxylation is 1. The van der Waals surface area contributed by atoms with Crippen LogP contribution in [0.5, 0.6) is 0 Å². The second-order valence-electron chi connectivity index (χ2n) is 4.47. The van der Waals surface area contributed by atoms with Gasteiger partial charge in [-0.3, -0.25) is 4.98 Å². The number of rotatable bonds is 5. The Morgan fingerprint density at radius 3 is 2.88 bits per heavy atom. The lowest BCUT2D eigenvalue weighted by atomic mass is 10.1. The summed E-state index contributed by atoms with van der Waals surface area (Å²) in [6, 6.07) is 10.5. The lowest BCUT2D eigenvalue weighted by Crippen LogP contribution is -2.14. The molecule has 0 aliphatic carbocycles. The van der Waals surface area contributed by atoms with E-state index in [1.165, 1.54) is 23.8 Å². The number of para-hydroxylation sites is 1. The van der Waals surface area contributed by atoms with E-state index in [2.05, 4.69) is 48.4 Å². The Bertz CT molecular complexity index is 491. The fraction of sp³-hybridized carbons (Fsp3) is 0.400. The smallest absolute Gasteiger partial charge is 0.0708 e. The molecule has 0 atom stereocenters. The maximum absolute atomic E-state index is 4.55. The molecule has 90 valence electrons. The van der Waals surface area contributed by atoms with Crippen molar-refractivity contribution in [3.8, 4) is 0 Å². The molecule has 0 spiro atoms. The number of benzene rings is 1. The van der Waals surface area contributed by atoms with Crippen LogP contribution in [0.3, 0.4) is 0 Å². The van der Waals surface area contributed by atoms with Gasteiger partial charge in [0.25, 0.3) is 0 Å². The van der Waals surface area contributed by atoms with Crippen molar-refractivity contribution < 1.29 is 0 Å². The second kappa shape index (κ2) is 5.78. The molecule has 1 N–H and O–H groups in total. The third-order valence-corrected chi connectivity index (χ3v) is 2.95. The van der Waals surface area contributed by atoms with Crippen LogP contribution < -0.4 is 5.32 Å². The molecule has 0 aliphatic rings. The Hall–Kier alpha value is -1.41. The molecule has 0 unspecified atom stereocenters. The molecule has 0 saturated heterocycles. The Morgan fingerprint density at radius 2 is 2.06 bits per heavy atom. The van der Waals surface area contributed by atoms with Gasteiger partial charge in [0.05, 0.1) is 5.52 Å². The minimum atomic E-state index is 0.934. The van der Waals surface area contributed by atoms with Gasteiger partial charge in [0.2, 0.25) is 0 Å². The standard InChI is InChI=1S/C15H20N2/c1-3-4-9-16-11-13-10-12(2)17-15-8-6-5-7-14(13)15/h5-8,10,16H,3-4,9,11H2,1-2H3. The molecule has 1 aromatic heterocycles. The van der Waals surface area contributed by atoms with Crippen LogP contribution in [0.15, 0.2) is 30.3 Å². The highest BCUT2D eigenvalue weighted by Gasteiger charge is 2.02. The summed E-state index contributed by atoms with van der Waals surface area (Å²) in [6.07, 6.45) is 2.48. The molecule has 1 heterocycles. The van der Waals surface area contributed by atoms with Gasteiger partial charge in [-0.05, 0) is 37.6 Å². The first kappa shape index (κ1) is 12.1. The molecule has 2 nitrogen and oxygen atoms in total. The summed E-state index contributed by atoms with van der Waals surface area (Å²) >= 11 is 0. The van der Waals surface area contributed by atoms with Gasteiger partial charge >= 0.3 is 0 Å². The van der Waals surface area contributed by atoms with Crippen LogP contribution >= 0.6 is 0 Å². The summed E-state index contributed by atoms with van der Waals surface area (Å²) in [5, 5.41) is 4.76. The van der Waals surface area contributed by atoms with Crippen LogP contribution in [-0.2, 0) is 6.54 Å². The van der Waals surface area contributed by atoms with Gasteiger partial charge < -0.3 is 5.32 Å². The predicted octanol–water partition coefficient (Wildman–Crippen LogP) is 3.43. The van der Waals surface area contributed by atoms with Crippen molar-refractivity contribution >= 4 is 10.9 Å². The van der Waals surface area contributed by atoms with E-state index in [0.29, 0.717) is 0 Å². The predicted molar refractivity (Wildman–Crippen MR) is 73.1 cm³/mol. The van der Waals surface area contributed by atoms with Gasteiger partial charge in [0.15, 0.2) is 0 Å². The fourth-order valence-corrected chi connectivity index (χ4v) is 2.07. The molecule has 0 radical (unpaired) electrons. The Balaban J connectivity index is 2.20. The highest BCUT2D eigenvalue weighted by Crippen LogP contribution is 2.17. The van der Waals surface area contributed by atoms with Crippen molar-refractivity contribution in [2.24, 2.45) is 0 Å². The Labute approximate surface area is 103 Å². The summed E-state index contributed by atoms with van der Waals surface area (Å²) < 4.78 is 0. The molecule has 0 amide bonds. The van der Waals surface area contributed by atoms with Gasteiger partial charge in [-0.25, -0.2) is 0 Å². The van der Waals surface area contributed by atoms with E-state index in [-0.39, 0.29) is 0 Å². The van der Waals surface area contributed by atoms with Gasteiger partial charge in [-0.15, -0.1) is 0 Å². The third kappa shape index (κ3) is 3.04. The maximum atomic E-state index is 4.55. The minimum Gasteiger partial charge on any atom is -0.313 e. The topological polar surface area (TPSA) is 24.9 Å². The zero-order chi connectivity index (χ0) is 12.1. The number of hydrogen-bond acceptors (Lipinski definition) is 2. The summed E-state index contributed by atoms with van der Waals surface area (Å²) in [6.45, 7) is 6.30.